The molecule has 3 unspecified atom stereocenters. The Morgan fingerprint density at radius 2 is 2.07 bits per heavy atom. The van der Waals surface area contributed by atoms with Gasteiger partial charge in [-0.2, -0.15) is 0 Å². The molecule has 2 aliphatic carbocycles. The number of benzene rings is 1. The molecule has 3 heterocycles. The molecule has 2 saturated carbocycles. The van der Waals surface area contributed by atoms with Crippen LogP contribution in [0.3, 0.4) is 0 Å². The van der Waals surface area contributed by atoms with E-state index in [2.05, 4.69) is 16.8 Å². The summed E-state index contributed by atoms with van der Waals surface area (Å²) in [7, 11) is 1.69. The standard InChI is InChI=1S/C22H28N2O3/c1-13(17-12-23-18-4-3-5-19(27-2)21(17)18)6-20(25)24-15-7-14-8-16(24)11-22(26,9-14)10-15/h3-5,12-16,23,26H,6-11H2,1-2H3. The number of hydrogen-bond donors (Lipinski definition) is 2. The smallest absolute Gasteiger partial charge is 0.223 e. The van der Waals surface area contributed by atoms with Crippen LogP contribution in [0.2, 0.25) is 0 Å². The summed E-state index contributed by atoms with van der Waals surface area (Å²) in [5.41, 5.74) is 1.67. The van der Waals surface area contributed by atoms with Crippen LogP contribution in [-0.4, -0.2) is 45.7 Å². The van der Waals surface area contributed by atoms with Gasteiger partial charge in [-0.25, -0.2) is 0 Å². The van der Waals surface area contributed by atoms with Gasteiger partial charge in [-0.3, -0.25) is 4.79 Å². The summed E-state index contributed by atoms with van der Waals surface area (Å²) >= 11 is 0. The Kier molecular flexibility index (Phi) is 3.80. The number of nitrogens with zero attached hydrogens (tertiary/aromatic N) is 1. The lowest BCUT2D eigenvalue weighted by Gasteiger charge is -2.59. The summed E-state index contributed by atoms with van der Waals surface area (Å²) < 4.78 is 5.54. The second kappa shape index (κ2) is 5.99. The van der Waals surface area contributed by atoms with Crippen molar-refractivity contribution >= 4 is 16.8 Å². The quantitative estimate of drug-likeness (QED) is 0.867. The molecule has 1 aromatic carbocycles. The maximum absolute atomic E-state index is 13.2. The number of ether oxygens (including phenoxy) is 1. The first-order valence-corrected chi connectivity index (χ1v) is 10.1. The molecule has 27 heavy (non-hydrogen) atoms. The van der Waals surface area contributed by atoms with E-state index < -0.39 is 5.60 Å². The monoisotopic (exact) mass is 368 g/mol. The molecular formula is C22H28N2O3. The summed E-state index contributed by atoms with van der Waals surface area (Å²) in [4.78, 5) is 18.7. The third kappa shape index (κ3) is 2.66. The minimum Gasteiger partial charge on any atom is -0.496 e. The lowest BCUT2D eigenvalue weighted by Crippen LogP contribution is -2.65. The number of hydrogen-bond acceptors (Lipinski definition) is 3. The van der Waals surface area contributed by atoms with E-state index in [0.29, 0.717) is 12.3 Å². The van der Waals surface area contributed by atoms with Crippen molar-refractivity contribution in [1.82, 2.24) is 9.88 Å². The second-order valence-corrected chi connectivity index (χ2v) is 9.01. The van der Waals surface area contributed by atoms with Crippen molar-refractivity contribution in [2.45, 2.75) is 69.1 Å². The summed E-state index contributed by atoms with van der Waals surface area (Å²) in [6.07, 6.45) is 7.12. The van der Waals surface area contributed by atoms with Crippen LogP contribution in [0.15, 0.2) is 24.4 Å². The topological polar surface area (TPSA) is 65.6 Å². The van der Waals surface area contributed by atoms with E-state index >= 15 is 0 Å². The van der Waals surface area contributed by atoms with Gasteiger partial charge in [-0.15, -0.1) is 0 Å². The fourth-order valence-electron chi connectivity index (χ4n) is 6.21. The Bertz CT molecular complexity index is 873. The average molecular weight is 368 g/mol. The Labute approximate surface area is 159 Å². The number of aromatic nitrogens is 1. The largest absolute Gasteiger partial charge is 0.496 e. The maximum Gasteiger partial charge on any atom is 0.223 e. The highest BCUT2D eigenvalue weighted by Gasteiger charge is 2.54. The van der Waals surface area contributed by atoms with Crippen LogP contribution in [0, 0.1) is 5.92 Å². The Morgan fingerprint density at radius 1 is 1.33 bits per heavy atom. The summed E-state index contributed by atoms with van der Waals surface area (Å²) in [5, 5.41) is 11.8. The van der Waals surface area contributed by atoms with Crippen molar-refractivity contribution in [3.8, 4) is 5.75 Å². The van der Waals surface area contributed by atoms with Crippen molar-refractivity contribution in [3.05, 3.63) is 30.0 Å². The SMILES string of the molecule is COc1cccc2[nH]cc(C(C)CC(=O)N3C4CC5CC3CC(O)(C5)C4)c12. The van der Waals surface area contributed by atoms with Gasteiger partial charge in [0, 0.05) is 35.6 Å². The van der Waals surface area contributed by atoms with E-state index in [1.807, 2.05) is 24.4 Å². The van der Waals surface area contributed by atoms with Crippen LogP contribution in [0.25, 0.3) is 10.9 Å². The number of nitrogens with one attached hydrogen (secondary N) is 1. The molecule has 0 spiro atoms. The van der Waals surface area contributed by atoms with Gasteiger partial charge in [0.1, 0.15) is 5.75 Å². The van der Waals surface area contributed by atoms with E-state index in [-0.39, 0.29) is 23.9 Å². The van der Waals surface area contributed by atoms with E-state index in [0.717, 1.165) is 54.3 Å². The summed E-state index contributed by atoms with van der Waals surface area (Å²) in [5.74, 6) is 1.80. The highest BCUT2D eigenvalue weighted by Crippen LogP contribution is 2.51. The fraction of sp³-hybridized carbons (Fsp3) is 0.591. The molecule has 2 aliphatic heterocycles. The first-order valence-electron chi connectivity index (χ1n) is 10.1. The highest BCUT2D eigenvalue weighted by molar-refractivity contribution is 5.90. The van der Waals surface area contributed by atoms with Crippen LogP contribution in [0.4, 0.5) is 0 Å². The number of amides is 1. The number of H-pyrrole nitrogens is 1. The lowest BCUT2D eigenvalue weighted by atomic mass is 9.61. The number of rotatable bonds is 4. The molecule has 2 aromatic rings. The molecule has 3 atom stereocenters. The van der Waals surface area contributed by atoms with Gasteiger partial charge < -0.3 is 19.7 Å². The van der Waals surface area contributed by atoms with E-state index in [4.69, 9.17) is 4.74 Å². The third-order valence-corrected chi connectivity index (χ3v) is 7.12. The zero-order valence-corrected chi connectivity index (χ0v) is 16.1. The molecule has 6 rings (SSSR count). The molecule has 4 aliphatic rings. The number of carbonyl (C=O) groups excluding carboxylic acids is 1. The normalized spacial score (nSPS) is 32.9. The molecule has 1 aromatic heterocycles. The van der Waals surface area contributed by atoms with Crippen molar-refractivity contribution < 1.29 is 14.6 Å². The lowest BCUT2D eigenvalue weighted by molar-refractivity contribution is -0.174. The van der Waals surface area contributed by atoms with Gasteiger partial charge in [0.05, 0.1) is 12.7 Å². The minimum absolute atomic E-state index is 0.114. The Hall–Kier alpha value is -2.01. The summed E-state index contributed by atoms with van der Waals surface area (Å²) in [6.45, 7) is 2.12. The van der Waals surface area contributed by atoms with Gasteiger partial charge in [0.15, 0.2) is 0 Å². The van der Waals surface area contributed by atoms with Crippen molar-refractivity contribution in [2.24, 2.45) is 5.92 Å². The number of carbonyl (C=O) groups is 1. The molecule has 5 nitrogen and oxygen atoms in total. The van der Waals surface area contributed by atoms with E-state index in [1.165, 1.54) is 0 Å². The van der Waals surface area contributed by atoms with Crippen molar-refractivity contribution in [2.75, 3.05) is 7.11 Å². The average Bonchev–Trinajstić information content (AvgIpc) is 3.04. The van der Waals surface area contributed by atoms with Gasteiger partial charge in [0.2, 0.25) is 5.91 Å². The van der Waals surface area contributed by atoms with Gasteiger partial charge in [-0.1, -0.05) is 13.0 Å². The Morgan fingerprint density at radius 3 is 2.74 bits per heavy atom. The minimum atomic E-state index is -0.511. The zero-order chi connectivity index (χ0) is 18.8. The Balaban J connectivity index is 1.38. The van der Waals surface area contributed by atoms with Crippen LogP contribution < -0.4 is 4.74 Å². The highest BCUT2D eigenvalue weighted by atomic mass is 16.5. The molecule has 4 bridgehead atoms. The van der Waals surface area contributed by atoms with Gasteiger partial charge in [0.25, 0.3) is 0 Å². The zero-order valence-electron chi connectivity index (χ0n) is 16.1. The van der Waals surface area contributed by atoms with Crippen LogP contribution in [-0.2, 0) is 4.79 Å². The molecule has 0 radical (unpaired) electrons. The predicted molar refractivity (Wildman–Crippen MR) is 104 cm³/mol. The van der Waals surface area contributed by atoms with Crippen LogP contribution in [0.1, 0.15) is 56.9 Å². The molecule has 2 N–H and O–H groups in total. The molecule has 4 fully saturated rings. The van der Waals surface area contributed by atoms with Crippen LogP contribution in [0.5, 0.6) is 5.75 Å². The third-order valence-electron chi connectivity index (χ3n) is 7.12. The number of methoxy groups -OCH3 is 1. The van der Waals surface area contributed by atoms with Crippen molar-refractivity contribution in [1.29, 1.82) is 0 Å². The second-order valence-electron chi connectivity index (χ2n) is 9.01. The number of aromatic amines is 1. The fourth-order valence-corrected chi connectivity index (χ4v) is 6.21. The van der Waals surface area contributed by atoms with E-state index in [9.17, 15) is 9.90 Å². The first-order chi connectivity index (χ1) is 13.0. The van der Waals surface area contributed by atoms with Gasteiger partial charge in [-0.05, 0) is 61.6 Å². The molecular weight excluding hydrogens is 340 g/mol. The predicted octanol–water partition coefficient (Wildman–Crippen LogP) is 3.57. The van der Waals surface area contributed by atoms with Crippen LogP contribution >= 0.6 is 0 Å². The number of piperidine rings is 2. The molecule has 144 valence electrons. The number of aliphatic hydroxyl groups is 1. The molecule has 2 saturated heterocycles. The first kappa shape index (κ1) is 17.1. The van der Waals surface area contributed by atoms with Gasteiger partial charge >= 0.3 is 0 Å². The summed E-state index contributed by atoms with van der Waals surface area (Å²) in [6, 6.07) is 6.45. The number of fused-ring (bicyclic) bond motifs is 1. The van der Waals surface area contributed by atoms with Crippen molar-refractivity contribution in [3.63, 3.8) is 0 Å². The van der Waals surface area contributed by atoms with E-state index in [1.54, 1.807) is 7.11 Å². The maximum atomic E-state index is 13.2. The molecule has 5 heteroatoms. The molecule has 1 amide bonds.